The molecule has 74 valence electrons. The molecule has 3 nitrogen and oxygen atoms in total. The first kappa shape index (κ1) is 10.3. The molecule has 0 atom stereocenters. The molecule has 3 heteroatoms. The van der Waals surface area contributed by atoms with E-state index in [1.807, 2.05) is 6.20 Å². The molecule has 0 aromatic carbocycles. The van der Waals surface area contributed by atoms with Gasteiger partial charge in [0.1, 0.15) is 0 Å². The Morgan fingerprint density at radius 1 is 1.46 bits per heavy atom. The van der Waals surface area contributed by atoms with Crippen LogP contribution in [0, 0.1) is 0 Å². The van der Waals surface area contributed by atoms with Crippen molar-refractivity contribution < 1.29 is 0 Å². The van der Waals surface area contributed by atoms with Crippen LogP contribution in [0.3, 0.4) is 0 Å². The van der Waals surface area contributed by atoms with Gasteiger partial charge in [0.15, 0.2) is 0 Å². The third-order valence-corrected chi connectivity index (χ3v) is 1.98. The maximum atomic E-state index is 3.98. The largest absolute Gasteiger partial charge is 0.348 e. The molecule has 0 fully saturated rings. The lowest BCUT2D eigenvalue weighted by Crippen LogP contribution is -2.23. The first-order valence-corrected chi connectivity index (χ1v) is 4.99. The number of hydrogen-bond donors (Lipinski definition) is 2. The number of H-pyrrole nitrogens is 1. The highest BCUT2D eigenvalue weighted by molar-refractivity contribution is 4.93. The fourth-order valence-electron chi connectivity index (χ4n) is 1.25. The molecule has 1 aromatic rings. The monoisotopic (exact) mass is 181 g/mol. The summed E-state index contributed by atoms with van der Waals surface area (Å²) in [7, 11) is 0. The van der Waals surface area contributed by atoms with E-state index in [-0.39, 0.29) is 0 Å². The van der Waals surface area contributed by atoms with Gasteiger partial charge in [0, 0.05) is 17.9 Å². The Morgan fingerprint density at radius 3 is 2.92 bits per heavy atom. The van der Waals surface area contributed by atoms with Crippen molar-refractivity contribution in [3.8, 4) is 0 Å². The van der Waals surface area contributed by atoms with Crippen molar-refractivity contribution in [2.24, 2.45) is 0 Å². The van der Waals surface area contributed by atoms with Crippen molar-refractivity contribution in [2.45, 2.75) is 39.2 Å². The van der Waals surface area contributed by atoms with Crippen molar-refractivity contribution in [2.75, 3.05) is 6.54 Å². The lowest BCUT2D eigenvalue weighted by Gasteiger charge is -2.06. The standard InChI is InChI=1S/C10H19N3/c1-9(2)12-6-4-3-5-10-7-11-8-13-10/h7-9,12H,3-6H2,1-2H3,(H,11,13). The highest BCUT2D eigenvalue weighted by Gasteiger charge is 1.94. The molecule has 0 amide bonds. The predicted molar refractivity (Wildman–Crippen MR) is 54.7 cm³/mol. The second-order valence-electron chi connectivity index (χ2n) is 3.64. The summed E-state index contributed by atoms with van der Waals surface area (Å²) in [4.78, 5) is 7.08. The number of aryl methyl sites for hydroxylation is 1. The van der Waals surface area contributed by atoms with E-state index in [0.29, 0.717) is 6.04 Å². The molecule has 0 radical (unpaired) electrons. The molecular formula is C10H19N3. The summed E-state index contributed by atoms with van der Waals surface area (Å²) in [6, 6.07) is 0.604. The Kier molecular flexibility index (Phi) is 4.54. The fraction of sp³-hybridized carbons (Fsp3) is 0.700. The van der Waals surface area contributed by atoms with E-state index in [4.69, 9.17) is 0 Å². The van der Waals surface area contributed by atoms with Crippen LogP contribution in [0.2, 0.25) is 0 Å². The molecule has 0 spiro atoms. The second kappa shape index (κ2) is 5.75. The van der Waals surface area contributed by atoms with E-state index in [2.05, 4.69) is 29.1 Å². The van der Waals surface area contributed by atoms with Gasteiger partial charge in [-0.25, -0.2) is 4.98 Å². The minimum atomic E-state index is 0.604. The average Bonchev–Trinajstić information content (AvgIpc) is 2.55. The summed E-state index contributed by atoms with van der Waals surface area (Å²) in [5, 5.41) is 3.40. The molecule has 1 heterocycles. The number of aromatic amines is 1. The number of unbranched alkanes of at least 4 members (excludes halogenated alkanes) is 1. The highest BCUT2D eigenvalue weighted by Crippen LogP contribution is 1.99. The molecule has 1 aromatic heterocycles. The van der Waals surface area contributed by atoms with Crippen LogP contribution in [-0.4, -0.2) is 22.6 Å². The quantitative estimate of drug-likeness (QED) is 0.656. The molecule has 13 heavy (non-hydrogen) atoms. The Balaban J connectivity index is 1.96. The summed E-state index contributed by atoms with van der Waals surface area (Å²) in [6.07, 6.45) is 7.20. The van der Waals surface area contributed by atoms with E-state index in [9.17, 15) is 0 Å². The minimum absolute atomic E-state index is 0.604. The van der Waals surface area contributed by atoms with Crippen molar-refractivity contribution in [3.63, 3.8) is 0 Å². The Bertz CT molecular complexity index is 204. The number of nitrogens with one attached hydrogen (secondary N) is 2. The Labute approximate surface area is 80.0 Å². The van der Waals surface area contributed by atoms with Crippen LogP contribution in [0.5, 0.6) is 0 Å². The van der Waals surface area contributed by atoms with Crippen molar-refractivity contribution in [3.05, 3.63) is 18.2 Å². The topological polar surface area (TPSA) is 40.7 Å². The smallest absolute Gasteiger partial charge is 0.0921 e. The highest BCUT2D eigenvalue weighted by atomic mass is 14.9. The van der Waals surface area contributed by atoms with Crippen LogP contribution in [0.1, 0.15) is 32.4 Å². The van der Waals surface area contributed by atoms with Crippen LogP contribution in [0.25, 0.3) is 0 Å². The molecule has 2 N–H and O–H groups in total. The maximum Gasteiger partial charge on any atom is 0.0921 e. The zero-order valence-corrected chi connectivity index (χ0v) is 8.51. The minimum Gasteiger partial charge on any atom is -0.348 e. The third-order valence-electron chi connectivity index (χ3n) is 1.98. The van der Waals surface area contributed by atoms with Gasteiger partial charge in [-0.05, 0) is 25.8 Å². The summed E-state index contributed by atoms with van der Waals surface area (Å²) in [5.41, 5.74) is 1.24. The average molecular weight is 181 g/mol. The van der Waals surface area contributed by atoms with Gasteiger partial charge in [0.2, 0.25) is 0 Å². The number of aromatic nitrogens is 2. The van der Waals surface area contributed by atoms with Crippen LogP contribution in [0.4, 0.5) is 0 Å². The maximum absolute atomic E-state index is 3.98. The van der Waals surface area contributed by atoms with Gasteiger partial charge >= 0.3 is 0 Å². The zero-order valence-electron chi connectivity index (χ0n) is 8.51. The van der Waals surface area contributed by atoms with E-state index in [1.165, 1.54) is 18.5 Å². The molecule has 0 unspecified atom stereocenters. The van der Waals surface area contributed by atoms with Gasteiger partial charge in [-0.2, -0.15) is 0 Å². The van der Waals surface area contributed by atoms with Crippen LogP contribution < -0.4 is 5.32 Å². The van der Waals surface area contributed by atoms with Crippen LogP contribution in [-0.2, 0) is 6.42 Å². The van der Waals surface area contributed by atoms with Gasteiger partial charge in [0.05, 0.1) is 6.33 Å². The van der Waals surface area contributed by atoms with E-state index in [0.717, 1.165) is 13.0 Å². The van der Waals surface area contributed by atoms with Crippen molar-refractivity contribution in [1.82, 2.24) is 15.3 Å². The van der Waals surface area contributed by atoms with Gasteiger partial charge in [-0.15, -0.1) is 0 Å². The molecule has 0 saturated carbocycles. The van der Waals surface area contributed by atoms with Crippen molar-refractivity contribution in [1.29, 1.82) is 0 Å². The lowest BCUT2D eigenvalue weighted by molar-refractivity contribution is 0.556. The third kappa shape index (κ3) is 4.68. The van der Waals surface area contributed by atoms with E-state index >= 15 is 0 Å². The fourth-order valence-corrected chi connectivity index (χ4v) is 1.25. The van der Waals surface area contributed by atoms with Crippen molar-refractivity contribution >= 4 is 0 Å². The first-order chi connectivity index (χ1) is 6.29. The zero-order chi connectivity index (χ0) is 9.52. The molecule has 1 rings (SSSR count). The molecule has 0 bridgehead atoms. The second-order valence-corrected chi connectivity index (χ2v) is 3.64. The SMILES string of the molecule is CC(C)NCCCCc1cnc[nH]1. The lowest BCUT2D eigenvalue weighted by atomic mass is 10.2. The summed E-state index contributed by atoms with van der Waals surface area (Å²) < 4.78 is 0. The van der Waals surface area contributed by atoms with Gasteiger partial charge in [-0.1, -0.05) is 13.8 Å². The van der Waals surface area contributed by atoms with Crippen LogP contribution in [0.15, 0.2) is 12.5 Å². The Hall–Kier alpha value is -0.830. The van der Waals surface area contributed by atoms with Crippen LogP contribution >= 0.6 is 0 Å². The summed E-state index contributed by atoms with van der Waals surface area (Å²) >= 11 is 0. The van der Waals surface area contributed by atoms with E-state index < -0.39 is 0 Å². The van der Waals surface area contributed by atoms with E-state index in [1.54, 1.807) is 6.33 Å². The number of nitrogens with zero attached hydrogens (tertiary/aromatic N) is 1. The number of imidazole rings is 1. The summed E-state index contributed by atoms with van der Waals surface area (Å²) in [6.45, 7) is 5.47. The normalized spacial score (nSPS) is 11.0. The molecular weight excluding hydrogens is 162 g/mol. The molecule has 0 saturated heterocycles. The first-order valence-electron chi connectivity index (χ1n) is 4.99. The molecule has 0 aliphatic rings. The number of rotatable bonds is 6. The number of hydrogen-bond acceptors (Lipinski definition) is 2. The Morgan fingerprint density at radius 2 is 2.31 bits per heavy atom. The van der Waals surface area contributed by atoms with Gasteiger partial charge in [0.25, 0.3) is 0 Å². The predicted octanol–water partition coefficient (Wildman–Crippen LogP) is 1.73. The molecule has 0 aliphatic heterocycles. The molecule has 0 aliphatic carbocycles. The van der Waals surface area contributed by atoms with Gasteiger partial charge < -0.3 is 10.3 Å². The van der Waals surface area contributed by atoms with Gasteiger partial charge in [-0.3, -0.25) is 0 Å². The summed E-state index contributed by atoms with van der Waals surface area (Å²) in [5.74, 6) is 0.